The molecule has 1 atom stereocenters. The van der Waals surface area contributed by atoms with E-state index in [4.69, 9.17) is 0 Å². The third kappa shape index (κ3) is 3.25. The van der Waals surface area contributed by atoms with Crippen LogP contribution in [0.15, 0.2) is 22.8 Å². The van der Waals surface area contributed by atoms with Crippen LogP contribution in [-0.2, 0) is 0 Å². The zero-order valence-corrected chi connectivity index (χ0v) is 14.2. The predicted octanol–water partition coefficient (Wildman–Crippen LogP) is 4.86. The number of aromatic nitrogens is 1. The van der Waals surface area contributed by atoms with E-state index in [1.807, 2.05) is 6.20 Å². The van der Waals surface area contributed by atoms with Crippen molar-refractivity contribution in [3.05, 3.63) is 38.8 Å². The Hall–Kier alpha value is -0.710. The van der Waals surface area contributed by atoms with Crippen LogP contribution in [0.3, 0.4) is 0 Å². The van der Waals surface area contributed by atoms with E-state index in [1.54, 1.807) is 11.3 Å². The lowest BCUT2D eigenvalue weighted by molar-refractivity contribution is 0.606. The summed E-state index contributed by atoms with van der Waals surface area (Å²) in [7, 11) is 0. The van der Waals surface area contributed by atoms with E-state index in [0.29, 0.717) is 6.04 Å². The molecular weight excluding hydrogens is 320 g/mol. The van der Waals surface area contributed by atoms with Gasteiger partial charge in [-0.1, -0.05) is 22.9 Å². The van der Waals surface area contributed by atoms with E-state index in [1.165, 1.54) is 26.0 Å². The summed E-state index contributed by atoms with van der Waals surface area (Å²) < 4.78 is 1.19. The first kappa shape index (κ1) is 14.7. The summed E-state index contributed by atoms with van der Waals surface area (Å²) in [5, 5.41) is 4.52. The summed E-state index contributed by atoms with van der Waals surface area (Å²) in [6.07, 6.45) is 1.99. The molecule has 1 N–H and O–H groups in total. The number of rotatable bonds is 4. The Morgan fingerprint density at radius 1 is 1.32 bits per heavy atom. The van der Waals surface area contributed by atoms with Crippen LogP contribution in [-0.4, -0.2) is 11.5 Å². The number of nitrogens with zero attached hydrogens (tertiary/aromatic N) is 1. The van der Waals surface area contributed by atoms with Gasteiger partial charge in [0.1, 0.15) is 5.01 Å². The van der Waals surface area contributed by atoms with E-state index >= 15 is 0 Å². The average molecular weight is 339 g/mol. The SMILES string of the molecule is CCNC(C)c1cnc(-c2cc(C)c(Br)c(C)c2)s1. The van der Waals surface area contributed by atoms with Gasteiger partial charge in [-0.05, 0) is 50.6 Å². The van der Waals surface area contributed by atoms with Crippen LogP contribution in [0, 0.1) is 13.8 Å². The summed E-state index contributed by atoms with van der Waals surface area (Å²) in [6, 6.07) is 4.75. The molecule has 4 heteroatoms. The lowest BCUT2D eigenvalue weighted by atomic mass is 10.1. The second-order valence-electron chi connectivity index (χ2n) is 4.77. The average Bonchev–Trinajstić information content (AvgIpc) is 2.85. The van der Waals surface area contributed by atoms with Gasteiger partial charge in [-0.15, -0.1) is 11.3 Å². The van der Waals surface area contributed by atoms with Crippen LogP contribution in [0.1, 0.15) is 35.9 Å². The lowest BCUT2D eigenvalue weighted by Crippen LogP contribution is -2.16. The Morgan fingerprint density at radius 3 is 2.53 bits per heavy atom. The van der Waals surface area contributed by atoms with Crippen molar-refractivity contribution in [2.75, 3.05) is 6.54 Å². The first-order chi connectivity index (χ1) is 9.02. The molecule has 2 rings (SSSR count). The van der Waals surface area contributed by atoms with E-state index in [-0.39, 0.29) is 0 Å². The van der Waals surface area contributed by atoms with Gasteiger partial charge >= 0.3 is 0 Å². The fourth-order valence-electron chi connectivity index (χ4n) is 2.10. The van der Waals surface area contributed by atoms with Gasteiger partial charge in [0.2, 0.25) is 0 Å². The molecule has 0 aliphatic carbocycles. The van der Waals surface area contributed by atoms with Crippen LogP contribution in [0.2, 0.25) is 0 Å². The zero-order chi connectivity index (χ0) is 14.0. The number of thiazole rings is 1. The molecule has 19 heavy (non-hydrogen) atoms. The zero-order valence-electron chi connectivity index (χ0n) is 11.7. The second-order valence-corrected chi connectivity index (χ2v) is 6.63. The quantitative estimate of drug-likeness (QED) is 0.860. The summed E-state index contributed by atoms with van der Waals surface area (Å²) >= 11 is 5.38. The molecule has 2 aromatic rings. The summed E-state index contributed by atoms with van der Waals surface area (Å²) in [5.41, 5.74) is 3.72. The van der Waals surface area contributed by atoms with E-state index in [9.17, 15) is 0 Å². The minimum absolute atomic E-state index is 0.369. The molecule has 0 aliphatic heterocycles. The summed E-state index contributed by atoms with van der Waals surface area (Å²) in [4.78, 5) is 5.85. The van der Waals surface area contributed by atoms with E-state index in [2.05, 4.69) is 66.1 Å². The molecule has 0 fully saturated rings. The standard InChI is InChI=1S/C15H19BrN2S/c1-5-17-11(4)13-8-18-15(19-13)12-6-9(2)14(16)10(3)7-12/h6-8,11,17H,5H2,1-4H3. The molecule has 1 aromatic carbocycles. The fourth-order valence-corrected chi connectivity index (χ4v) is 3.26. The predicted molar refractivity (Wildman–Crippen MR) is 86.8 cm³/mol. The Labute approximate surface area is 127 Å². The van der Waals surface area contributed by atoms with Gasteiger partial charge in [-0.2, -0.15) is 0 Å². The molecule has 1 aromatic heterocycles. The normalized spacial score (nSPS) is 12.7. The Morgan fingerprint density at radius 2 is 1.95 bits per heavy atom. The molecule has 0 saturated carbocycles. The highest BCUT2D eigenvalue weighted by Crippen LogP contribution is 2.32. The van der Waals surface area contributed by atoms with Crippen LogP contribution in [0.4, 0.5) is 0 Å². The topological polar surface area (TPSA) is 24.9 Å². The molecule has 2 nitrogen and oxygen atoms in total. The maximum Gasteiger partial charge on any atom is 0.123 e. The number of aryl methyl sites for hydroxylation is 2. The van der Waals surface area contributed by atoms with Crippen molar-refractivity contribution in [3.8, 4) is 10.6 Å². The molecule has 102 valence electrons. The van der Waals surface area contributed by atoms with Crippen LogP contribution in [0.5, 0.6) is 0 Å². The largest absolute Gasteiger partial charge is 0.310 e. The molecule has 1 unspecified atom stereocenters. The fraction of sp³-hybridized carbons (Fsp3) is 0.400. The van der Waals surface area contributed by atoms with Gasteiger partial charge in [-0.3, -0.25) is 0 Å². The van der Waals surface area contributed by atoms with Crippen molar-refractivity contribution in [1.82, 2.24) is 10.3 Å². The molecule has 0 spiro atoms. The monoisotopic (exact) mass is 338 g/mol. The minimum Gasteiger partial charge on any atom is -0.310 e. The third-order valence-electron chi connectivity index (χ3n) is 3.14. The first-order valence-electron chi connectivity index (χ1n) is 6.49. The Kier molecular flexibility index (Phi) is 4.76. The highest BCUT2D eigenvalue weighted by atomic mass is 79.9. The van der Waals surface area contributed by atoms with E-state index in [0.717, 1.165) is 11.6 Å². The van der Waals surface area contributed by atoms with Crippen molar-refractivity contribution in [2.45, 2.75) is 33.7 Å². The van der Waals surface area contributed by atoms with Crippen LogP contribution in [0.25, 0.3) is 10.6 Å². The van der Waals surface area contributed by atoms with Crippen molar-refractivity contribution < 1.29 is 0 Å². The van der Waals surface area contributed by atoms with Crippen molar-refractivity contribution >= 4 is 27.3 Å². The van der Waals surface area contributed by atoms with Gasteiger partial charge in [0.05, 0.1) is 0 Å². The van der Waals surface area contributed by atoms with Crippen molar-refractivity contribution in [2.24, 2.45) is 0 Å². The molecular formula is C15H19BrN2S. The maximum absolute atomic E-state index is 4.56. The molecule has 0 aliphatic rings. The number of hydrogen-bond donors (Lipinski definition) is 1. The van der Waals surface area contributed by atoms with Gasteiger partial charge in [0.25, 0.3) is 0 Å². The molecule has 0 amide bonds. The third-order valence-corrected chi connectivity index (χ3v) is 5.62. The van der Waals surface area contributed by atoms with E-state index < -0.39 is 0 Å². The van der Waals surface area contributed by atoms with Gasteiger partial charge in [-0.25, -0.2) is 4.98 Å². The molecule has 0 saturated heterocycles. The number of hydrogen-bond acceptors (Lipinski definition) is 3. The summed E-state index contributed by atoms with van der Waals surface area (Å²) in [5.74, 6) is 0. The smallest absolute Gasteiger partial charge is 0.123 e. The first-order valence-corrected chi connectivity index (χ1v) is 8.10. The lowest BCUT2D eigenvalue weighted by Gasteiger charge is -2.08. The minimum atomic E-state index is 0.369. The summed E-state index contributed by atoms with van der Waals surface area (Å²) in [6.45, 7) is 9.52. The second kappa shape index (κ2) is 6.16. The molecule has 0 bridgehead atoms. The molecule has 1 heterocycles. The van der Waals surface area contributed by atoms with Crippen molar-refractivity contribution in [3.63, 3.8) is 0 Å². The van der Waals surface area contributed by atoms with Gasteiger partial charge < -0.3 is 5.32 Å². The highest BCUT2D eigenvalue weighted by Gasteiger charge is 2.11. The van der Waals surface area contributed by atoms with Crippen molar-refractivity contribution in [1.29, 1.82) is 0 Å². The van der Waals surface area contributed by atoms with Gasteiger partial charge in [0.15, 0.2) is 0 Å². The van der Waals surface area contributed by atoms with Crippen LogP contribution >= 0.6 is 27.3 Å². The maximum atomic E-state index is 4.56. The van der Waals surface area contributed by atoms with Gasteiger partial charge in [0, 0.05) is 27.2 Å². The highest BCUT2D eigenvalue weighted by molar-refractivity contribution is 9.10. The number of nitrogens with one attached hydrogen (secondary N) is 1. The number of halogens is 1. The Bertz CT molecular complexity index is 554. The Balaban J connectivity index is 2.33. The molecule has 0 radical (unpaired) electrons. The van der Waals surface area contributed by atoms with Crippen LogP contribution < -0.4 is 5.32 Å². The number of benzene rings is 1.